The van der Waals surface area contributed by atoms with Crippen molar-refractivity contribution >= 4 is 35.0 Å². The quantitative estimate of drug-likeness (QED) is 0.741. The van der Waals surface area contributed by atoms with Crippen LogP contribution >= 0.6 is 11.8 Å². The Hall–Kier alpha value is -2.61. The smallest absolute Gasteiger partial charge is 0.288 e. The van der Waals surface area contributed by atoms with Gasteiger partial charge in [-0.05, 0) is 42.8 Å². The zero-order valence-corrected chi connectivity index (χ0v) is 15.4. The van der Waals surface area contributed by atoms with Crippen LogP contribution in [0.1, 0.15) is 23.2 Å². The van der Waals surface area contributed by atoms with Crippen molar-refractivity contribution in [1.29, 1.82) is 0 Å². The average Bonchev–Trinajstić information content (AvgIpc) is 3.07. The van der Waals surface area contributed by atoms with Crippen molar-refractivity contribution < 1.29 is 23.1 Å². The van der Waals surface area contributed by atoms with Crippen molar-refractivity contribution in [3.63, 3.8) is 0 Å². The first-order chi connectivity index (χ1) is 13.0. The predicted molar refractivity (Wildman–Crippen MR) is 101 cm³/mol. The van der Waals surface area contributed by atoms with Gasteiger partial charge in [0, 0.05) is 35.2 Å². The number of rotatable bonds is 6. The molecule has 1 heterocycles. The van der Waals surface area contributed by atoms with E-state index in [0.29, 0.717) is 52.3 Å². The topological polar surface area (TPSA) is 58.6 Å². The third kappa shape index (κ3) is 4.57. The number of amides is 2. The van der Waals surface area contributed by atoms with Crippen LogP contribution in [-0.2, 0) is 4.79 Å². The van der Waals surface area contributed by atoms with Gasteiger partial charge in [-0.25, -0.2) is 0 Å². The SMILES string of the molecule is COc1cc(NC(=O)c2ccc(SC(F)F)cc2)ccc1N1CCCC1=O. The Balaban J connectivity index is 1.73. The number of hydrogen-bond donors (Lipinski definition) is 1. The first kappa shape index (κ1) is 19.2. The summed E-state index contributed by atoms with van der Waals surface area (Å²) in [6.45, 7) is 0.643. The summed E-state index contributed by atoms with van der Waals surface area (Å²) in [6.07, 6.45) is 1.32. The number of ether oxygens (including phenoxy) is 1. The van der Waals surface area contributed by atoms with E-state index in [1.54, 1.807) is 23.1 Å². The summed E-state index contributed by atoms with van der Waals surface area (Å²) in [6, 6.07) is 11.0. The van der Waals surface area contributed by atoms with E-state index in [1.807, 2.05) is 0 Å². The Morgan fingerprint density at radius 2 is 1.96 bits per heavy atom. The van der Waals surface area contributed by atoms with Gasteiger partial charge in [0.25, 0.3) is 11.7 Å². The Bertz CT molecular complexity index is 843. The van der Waals surface area contributed by atoms with Crippen LogP contribution in [0.25, 0.3) is 0 Å². The summed E-state index contributed by atoms with van der Waals surface area (Å²) in [4.78, 5) is 26.4. The second-order valence-electron chi connectivity index (χ2n) is 5.89. The largest absolute Gasteiger partial charge is 0.494 e. The first-order valence-corrected chi connectivity index (χ1v) is 9.20. The summed E-state index contributed by atoms with van der Waals surface area (Å²) in [7, 11) is 1.50. The van der Waals surface area contributed by atoms with Gasteiger partial charge in [0.1, 0.15) is 5.75 Å². The minimum Gasteiger partial charge on any atom is -0.494 e. The van der Waals surface area contributed by atoms with E-state index >= 15 is 0 Å². The fraction of sp³-hybridized carbons (Fsp3) is 0.263. The second-order valence-corrected chi connectivity index (χ2v) is 6.96. The zero-order chi connectivity index (χ0) is 19.4. The number of carbonyl (C=O) groups excluding carboxylic acids is 2. The molecule has 0 aromatic heterocycles. The Labute approximate surface area is 159 Å². The van der Waals surface area contributed by atoms with Gasteiger partial charge in [0.15, 0.2) is 0 Å². The summed E-state index contributed by atoms with van der Waals surface area (Å²) in [5, 5.41) is 2.74. The number of anilines is 2. The molecule has 0 saturated carbocycles. The minimum absolute atomic E-state index is 0.0480. The molecule has 2 amide bonds. The van der Waals surface area contributed by atoms with E-state index in [0.717, 1.165) is 6.42 Å². The predicted octanol–water partition coefficient (Wildman–Crippen LogP) is 4.39. The zero-order valence-electron chi connectivity index (χ0n) is 14.6. The average molecular weight is 392 g/mol. The highest BCUT2D eigenvalue weighted by atomic mass is 32.2. The highest BCUT2D eigenvalue weighted by Gasteiger charge is 2.24. The van der Waals surface area contributed by atoms with Gasteiger partial charge in [-0.3, -0.25) is 9.59 Å². The monoisotopic (exact) mass is 392 g/mol. The van der Waals surface area contributed by atoms with Crippen LogP contribution in [0.4, 0.5) is 20.2 Å². The highest BCUT2D eigenvalue weighted by molar-refractivity contribution is 7.99. The van der Waals surface area contributed by atoms with Crippen molar-refractivity contribution in [3.05, 3.63) is 48.0 Å². The van der Waals surface area contributed by atoms with Gasteiger partial charge >= 0.3 is 0 Å². The first-order valence-electron chi connectivity index (χ1n) is 8.32. The molecule has 5 nitrogen and oxygen atoms in total. The molecule has 0 spiro atoms. The molecular weight excluding hydrogens is 374 g/mol. The van der Waals surface area contributed by atoms with Gasteiger partial charge < -0.3 is 15.0 Å². The van der Waals surface area contributed by atoms with Crippen molar-refractivity contribution in [2.75, 3.05) is 23.9 Å². The molecule has 2 aromatic rings. The van der Waals surface area contributed by atoms with Crippen LogP contribution in [0.5, 0.6) is 5.75 Å². The number of alkyl halides is 2. The van der Waals surface area contributed by atoms with E-state index in [2.05, 4.69) is 5.32 Å². The number of thioether (sulfide) groups is 1. The lowest BCUT2D eigenvalue weighted by molar-refractivity contribution is -0.117. The summed E-state index contributed by atoms with van der Waals surface area (Å²) < 4.78 is 30.1. The van der Waals surface area contributed by atoms with E-state index in [4.69, 9.17) is 4.74 Å². The Morgan fingerprint density at radius 1 is 1.22 bits per heavy atom. The third-order valence-electron chi connectivity index (χ3n) is 4.14. The van der Waals surface area contributed by atoms with Crippen LogP contribution in [0.3, 0.4) is 0 Å². The number of halogens is 2. The van der Waals surface area contributed by atoms with Crippen LogP contribution in [0.2, 0.25) is 0 Å². The number of nitrogens with zero attached hydrogens (tertiary/aromatic N) is 1. The van der Waals surface area contributed by atoms with Crippen LogP contribution < -0.4 is 15.0 Å². The van der Waals surface area contributed by atoms with Gasteiger partial charge in [-0.1, -0.05) is 11.8 Å². The molecule has 1 aliphatic heterocycles. The number of carbonyl (C=O) groups is 2. The van der Waals surface area contributed by atoms with Gasteiger partial charge in [0.2, 0.25) is 5.91 Å². The lowest BCUT2D eigenvalue weighted by Gasteiger charge is -2.19. The fourth-order valence-electron chi connectivity index (χ4n) is 2.87. The van der Waals surface area contributed by atoms with Crippen molar-refractivity contribution in [2.24, 2.45) is 0 Å². The number of nitrogens with one attached hydrogen (secondary N) is 1. The molecule has 0 radical (unpaired) electrons. The highest BCUT2D eigenvalue weighted by Crippen LogP contribution is 2.34. The molecule has 8 heteroatoms. The summed E-state index contributed by atoms with van der Waals surface area (Å²) >= 11 is 0.428. The van der Waals surface area contributed by atoms with Crippen LogP contribution in [-0.4, -0.2) is 31.2 Å². The maximum absolute atomic E-state index is 12.4. The standard InChI is InChI=1S/C19H18F2N2O3S/c1-26-16-11-13(6-9-15(16)23-10-2-3-17(23)24)22-18(25)12-4-7-14(8-5-12)27-19(20)21/h4-9,11,19H,2-3,10H2,1H3,(H,22,25). The molecule has 3 rings (SSSR count). The molecule has 0 aliphatic carbocycles. The fourth-order valence-corrected chi connectivity index (χ4v) is 3.37. The minimum atomic E-state index is -2.50. The third-order valence-corrected chi connectivity index (χ3v) is 4.87. The van der Waals surface area contributed by atoms with E-state index in [9.17, 15) is 18.4 Å². The molecule has 1 saturated heterocycles. The maximum Gasteiger partial charge on any atom is 0.288 e. The molecule has 1 aliphatic rings. The van der Waals surface area contributed by atoms with Crippen LogP contribution in [0.15, 0.2) is 47.4 Å². The maximum atomic E-state index is 12.4. The number of methoxy groups -OCH3 is 1. The molecule has 1 N–H and O–H groups in total. The van der Waals surface area contributed by atoms with Crippen molar-refractivity contribution in [2.45, 2.75) is 23.5 Å². The van der Waals surface area contributed by atoms with E-state index in [-0.39, 0.29) is 11.8 Å². The molecule has 0 atom stereocenters. The number of hydrogen-bond acceptors (Lipinski definition) is 4. The van der Waals surface area contributed by atoms with Crippen molar-refractivity contribution in [3.8, 4) is 5.75 Å². The molecule has 1 fully saturated rings. The molecule has 142 valence electrons. The lowest BCUT2D eigenvalue weighted by Crippen LogP contribution is -2.24. The molecule has 27 heavy (non-hydrogen) atoms. The van der Waals surface area contributed by atoms with E-state index in [1.165, 1.54) is 31.4 Å². The molecule has 0 unspecified atom stereocenters. The Morgan fingerprint density at radius 3 is 2.56 bits per heavy atom. The summed E-state index contributed by atoms with van der Waals surface area (Å²) in [5.74, 6) is -2.33. The van der Waals surface area contributed by atoms with E-state index < -0.39 is 5.76 Å². The Kier molecular flexibility index (Phi) is 5.95. The van der Waals surface area contributed by atoms with Gasteiger partial charge in [-0.2, -0.15) is 8.78 Å². The van der Waals surface area contributed by atoms with Crippen molar-refractivity contribution in [1.82, 2.24) is 0 Å². The molecular formula is C19H18F2N2O3S. The number of benzene rings is 2. The molecule has 0 bridgehead atoms. The summed E-state index contributed by atoms with van der Waals surface area (Å²) in [5.41, 5.74) is 1.54. The second kappa shape index (κ2) is 8.39. The van der Waals surface area contributed by atoms with Gasteiger partial charge in [0.05, 0.1) is 12.8 Å². The van der Waals surface area contributed by atoms with Crippen LogP contribution in [0, 0.1) is 0 Å². The molecule has 2 aromatic carbocycles. The lowest BCUT2D eigenvalue weighted by atomic mass is 10.2. The normalized spacial score (nSPS) is 13.9. The van der Waals surface area contributed by atoms with Gasteiger partial charge in [-0.15, -0.1) is 0 Å².